The van der Waals surface area contributed by atoms with Crippen LogP contribution in [0.2, 0.25) is 0 Å². The van der Waals surface area contributed by atoms with E-state index in [1.807, 2.05) is 32.0 Å². The molecule has 0 bridgehead atoms. The number of nitro benzene ring substituents is 1. The van der Waals surface area contributed by atoms with Crippen molar-refractivity contribution >= 4 is 17.3 Å². The fourth-order valence-electron chi connectivity index (χ4n) is 2.59. The minimum absolute atomic E-state index is 0.0371. The van der Waals surface area contributed by atoms with Gasteiger partial charge in [-0.1, -0.05) is 24.3 Å². The second-order valence-electron chi connectivity index (χ2n) is 6.41. The van der Waals surface area contributed by atoms with Crippen molar-refractivity contribution in [3.8, 4) is 11.3 Å². The van der Waals surface area contributed by atoms with Gasteiger partial charge in [-0.05, 0) is 44.0 Å². The van der Waals surface area contributed by atoms with Crippen molar-refractivity contribution < 1.29 is 9.72 Å². The van der Waals surface area contributed by atoms with Crippen molar-refractivity contribution in [1.29, 1.82) is 0 Å². The van der Waals surface area contributed by atoms with Crippen LogP contribution in [0, 0.1) is 24.0 Å². The molecule has 0 aliphatic rings. The summed E-state index contributed by atoms with van der Waals surface area (Å²) >= 11 is 0. The van der Waals surface area contributed by atoms with Crippen molar-refractivity contribution in [2.24, 2.45) is 5.10 Å². The van der Waals surface area contributed by atoms with Crippen molar-refractivity contribution in [2.45, 2.75) is 20.8 Å². The molecule has 2 aromatic carbocycles. The number of benzene rings is 2. The summed E-state index contributed by atoms with van der Waals surface area (Å²) < 4.78 is 0. The fourth-order valence-corrected chi connectivity index (χ4v) is 2.59. The zero-order valence-corrected chi connectivity index (χ0v) is 15.7. The van der Waals surface area contributed by atoms with E-state index < -0.39 is 10.8 Å². The Morgan fingerprint density at radius 2 is 1.93 bits per heavy atom. The number of rotatable bonds is 5. The first-order chi connectivity index (χ1) is 13.3. The highest BCUT2D eigenvalue weighted by Crippen LogP contribution is 2.21. The maximum absolute atomic E-state index is 12.3. The molecule has 3 aromatic rings. The van der Waals surface area contributed by atoms with Crippen LogP contribution >= 0.6 is 0 Å². The molecule has 0 saturated carbocycles. The fraction of sp³-hybridized carbons (Fsp3) is 0.150. The van der Waals surface area contributed by atoms with Gasteiger partial charge in [-0.15, -0.1) is 0 Å². The first kappa shape index (κ1) is 19.0. The number of hydrogen-bond acceptors (Lipinski definition) is 5. The van der Waals surface area contributed by atoms with E-state index in [4.69, 9.17) is 0 Å². The quantitative estimate of drug-likeness (QED) is 0.400. The lowest BCUT2D eigenvalue weighted by Crippen LogP contribution is -2.19. The molecule has 0 fully saturated rings. The van der Waals surface area contributed by atoms with Crippen LogP contribution in [0.5, 0.6) is 0 Å². The number of H-pyrrole nitrogens is 1. The van der Waals surface area contributed by atoms with E-state index in [-0.39, 0.29) is 11.4 Å². The molecule has 0 aliphatic carbocycles. The second kappa shape index (κ2) is 7.83. The number of non-ortho nitro benzene ring substituents is 1. The predicted octanol–water partition coefficient (Wildman–Crippen LogP) is 3.76. The molecule has 8 nitrogen and oxygen atoms in total. The van der Waals surface area contributed by atoms with E-state index in [1.54, 1.807) is 25.1 Å². The Labute approximate surface area is 161 Å². The highest BCUT2D eigenvalue weighted by Gasteiger charge is 2.12. The lowest BCUT2D eigenvalue weighted by Gasteiger charge is -2.02. The minimum Gasteiger partial charge on any atom is -0.272 e. The van der Waals surface area contributed by atoms with E-state index in [0.29, 0.717) is 17.0 Å². The minimum atomic E-state index is -0.478. The zero-order chi connectivity index (χ0) is 20.3. The maximum Gasteiger partial charge on any atom is 0.289 e. The third-order valence-electron chi connectivity index (χ3n) is 4.43. The molecule has 3 rings (SSSR count). The molecule has 1 amide bonds. The van der Waals surface area contributed by atoms with Crippen LogP contribution in [0.1, 0.15) is 34.1 Å². The van der Waals surface area contributed by atoms with E-state index in [2.05, 4.69) is 20.7 Å². The number of nitrogens with zero attached hydrogens (tertiary/aromatic N) is 3. The van der Waals surface area contributed by atoms with Crippen LogP contribution in [-0.2, 0) is 0 Å². The Balaban J connectivity index is 1.74. The lowest BCUT2D eigenvalue weighted by molar-refractivity contribution is -0.384. The molecule has 0 aliphatic heterocycles. The first-order valence-corrected chi connectivity index (χ1v) is 8.57. The molecule has 1 aromatic heterocycles. The number of amides is 1. The van der Waals surface area contributed by atoms with Gasteiger partial charge in [0.05, 0.1) is 16.3 Å². The SMILES string of the molecule is C/C(=N/NC(=O)c1cc(-c2ccc(C)c(C)c2)n[nH]1)c1cccc([N+](=O)[O-])c1. The van der Waals surface area contributed by atoms with Gasteiger partial charge in [-0.3, -0.25) is 20.0 Å². The average molecular weight is 377 g/mol. The predicted molar refractivity (Wildman–Crippen MR) is 106 cm³/mol. The molecule has 28 heavy (non-hydrogen) atoms. The van der Waals surface area contributed by atoms with Crippen LogP contribution in [0.3, 0.4) is 0 Å². The molecule has 8 heteroatoms. The molecule has 2 N–H and O–H groups in total. The Morgan fingerprint density at radius 3 is 2.64 bits per heavy atom. The smallest absolute Gasteiger partial charge is 0.272 e. The summed E-state index contributed by atoms with van der Waals surface area (Å²) in [4.78, 5) is 22.7. The monoisotopic (exact) mass is 377 g/mol. The summed E-state index contributed by atoms with van der Waals surface area (Å²) in [7, 11) is 0. The van der Waals surface area contributed by atoms with Gasteiger partial charge < -0.3 is 0 Å². The van der Waals surface area contributed by atoms with Gasteiger partial charge in [0.1, 0.15) is 5.69 Å². The van der Waals surface area contributed by atoms with Crippen molar-refractivity contribution in [2.75, 3.05) is 0 Å². The van der Waals surface area contributed by atoms with Gasteiger partial charge in [0.15, 0.2) is 0 Å². The number of aromatic nitrogens is 2. The third-order valence-corrected chi connectivity index (χ3v) is 4.43. The summed E-state index contributed by atoms with van der Waals surface area (Å²) in [6.07, 6.45) is 0. The van der Waals surface area contributed by atoms with Crippen LogP contribution < -0.4 is 5.43 Å². The van der Waals surface area contributed by atoms with Crippen LogP contribution in [0.15, 0.2) is 53.6 Å². The van der Waals surface area contributed by atoms with Crippen molar-refractivity contribution in [3.05, 3.63) is 81.0 Å². The van der Waals surface area contributed by atoms with Crippen LogP contribution in [-0.4, -0.2) is 26.7 Å². The summed E-state index contributed by atoms with van der Waals surface area (Å²) in [5.41, 5.74) is 7.57. The molecule has 0 radical (unpaired) electrons. The summed E-state index contributed by atoms with van der Waals surface area (Å²) in [6.45, 7) is 5.71. The number of hydrogen-bond donors (Lipinski definition) is 2. The molecule has 0 atom stereocenters. The third kappa shape index (κ3) is 4.12. The van der Waals surface area contributed by atoms with Crippen LogP contribution in [0.25, 0.3) is 11.3 Å². The summed E-state index contributed by atoms with van der Waals surface area (Å²) in [6, 6.07) is 13.7. The van der Waals surface area contributed by atoms with Gasteiger partial charge in [-0.25, -0.2) is 5.43 Å². The number of carbonyl (C=O) groups excluding carboxylic acids is 1. The van der Waals surface area contributed by atoms with Crippen LogP contribution in [0.4, 0.5) is 5.69 Å². The summed E-state index contributed by atoms with van der Waals surface area (Å²) in [5, 5.41) is 21.8. The maximum atomic E-state index is 12.3. The number of nitro groups is 1. The molecule has 0 saturated heterocycles. The number of aromatic amines is 1. The topological polar surface area (TPSA) is 113 Å². The van der Waals surface area contributed by atoms with Crippen molar-refractivity contribution in [1.82, 2.24) is 15.6 Å². The van der Waals surface area contributed by atoms with Gasteiger partial charge in [0.25, 0.3) is 11.6 Å². The molecule has 0 spiro atoms. The van der Waals surface area contributed by atoms with Crippen molar-refractivity contribution in [3.63, 3.8) is 0 Å². The summed E-state index contributed by atoms with van der Waals surface area (Å²) in [5.74, 6) is -0.452. The zero-order valence-electron chi connectivity index (χ0n) is 15.7. The number of aryl methyl sites for hydroxylation is 2. The number of hydrazone groups is 1. The molecule has 0 unspecified atom stereocenters. The Bertz CT molecular complexity index is 1080. The normalized spacial score (nSPS) is 11.3. The standard InChI is InChI=1S/C20H19N5O3/c1-12-7-8-16(9-13(12)2)18-11-19(23-22-18)20(26)24-21-14(3)15-5-4-6-17(10-15)25(27)28/h4-11H,1-3H3,(H,22,23)(H,24,26)/b21-14-. The number of carbonyl (C=O) groups is 1. The second-order valence-corrected chi connectivity index (χ2v) is 6.41. The lowest BCUT2D eigenvalue weighted by atomic mass is 10.0. The first-order valence-electron chi connectivity index (χ1n) is 8.57. The van der Waals surface area contributed by atoms with E-state index in [9.17, 15) is 14.9 Å². The highest BCUT2D eigenvalue weighted by atomic mass is 16.6. The highest BCUT2D eigenvalue weighted by molar-refractivity contribution is 6.01. The Morgan fingerprint density at radius 1 is 1.14 bits per heavy atom. The van der Waals surface area contributed by atoms with Gasteiger partial charge in [0, 0.05) is 23.3 Å². The molecule has 142 valence electrons. The van der Waals surface area contributed by atoms with E-state index in [0.717, 1.165) is 11.1 Å². The molecular formula is C20H19N5O3. The van der Waals surface area contributed by atoms with Gasteiger partial charge in [0.2, 0.25) is 0 Å². The van der Waals surface area contributed by atoms with E-state index in [1.165, 1.54) is 17.7 Å². The van der Waals surface area contributed by atoms with Gasteiger partial charge >= 0.3 is 0 Å². The average Bonchev–Trinajstić information content (AvgIpc) is 3.18. The van der Waals surface area contributed by atoms with Gasteiger partial charge in [-0.2, -0.15) is 10.2 Å². The molecular weight excluding hydrogens is 358 g/mol. The number of nitrogens with one attached hydrogen (secondary N) is 2. The Kier molecular flexibility index (Phi) is 5.30. The Hall–Kier alpha value is -3.81. The van der Waals surface area contributed by atoms with E-state index >= 15 is 0 Å². The molecule has 1 heterocycles. The largest absolute Gasteiger partial charge is 0.289 e.